The number of carbonyl (C=O) groups excluding carboxylic acids is 1. The molecule has 5 heteroatoms. The third-order valence-corrected chi connectivity index (χ3v) is 4.99. The van der Waals surface area contributed by atoms with E-state index in [0.29, 0.717) is 0 Å². The molecule has 0 aliphatic carbocycles. The fraction of sp³-hybridized carbons (Fsp3) is 0.444. The second kappa shape index (κ2) is 7.13. The summed E-state index contributed by atoms with van der Waals surface area (Å²) in [6.45, 7) is 5.90. The van der Waals surface area contributed by atoms with Gasteiger partial charge < -0.3 is 4.90 Å². The van der Waals surface area contributed by atoms with Crippen molar-refractivity contribution in [3.63, 3.8) is 0 Å². The average molecular weight is 329 g/mol. The fourth-order valence-electron chi connectivity index (χ4n) is 2.89. The van der Waals surface area contributed by atoms with Crippen molar-refractivity contribution in [1.82, 2.24) is 9.47 Å². The summed E-state index contributed by atoms with van der Waals surface area (Å²) < 4.78 is 2.02. The van der Waals surface area contributed by atoms with Gasteiger partial charge >= 0.3 is 6.03 Å². The zero-order valence-corrected chi connectivity index (χ0v) is 14.6. The van der Waals surface area contributed by atoms with Crippen LogP contribution in [-0.2, 0) is 6.42 Å². The highest BCUT2D eigenvalue weighted by Gasteiger charge is 2.17. The van der Waals surface area contributed by atoms with Crippen molar-refractivity contribution < 1.29 is 4.79 Å². The topological polar surface area (TPSA) is 37.6 Å². The number of nitrogens with zero attached hydrogens (tertiary/aromatic N) is 3. The standard InChI is InChI=1S/C18H23N3OS/c1-3-6-15-7-9-16(10-8-15)21-13-14(2)23-18(21)19-17(22)20-11-4-5-12-20/h7-10,13H,3-6,11-12H2,1-2H3. The number of likely N-dealkylation sites (tertiary alicyclic amines) is 1. The van der Waals surface area contributed by atoms with Gasteiger partial charge in [-0.2, -0.15) is 4.99 Å². The first kappa shape index (κ1) is 16.0. The minimum atomic E-state index is -0.110. The van der Waals surface area contributed by atoms with Crippen molar-refractivity contribution in [3.05, 3.63) is 45.7 Å². The van der Waals surface area contributed by atoms with E-state index < -0.39 is 0 Å². The van der Waals surface area contributed by atoms with Gasteiger partial charge in [0.2, 0.25) is 0 Å². The van der Waals surface area contributed by atoms with Gasteiger partial charge in [0, 0.05) is 29.9 Å². The Morgan fingerprint density at radius 1 is 1.22 bits per heavy atom. The van der Waals surface area contributed by atoms with Crippen LogP contribution in [-0.4, -0.2) is 28.6 Å². The number of hydrogen-bond acceptors (Lipinski definition) is 2. The number of hydrogen-bond donors (Lipinski definition) is 0. The van der Waals surface area contributed by atoms with Gasteiger partial charge in [-0.15, -0.1) is 11.3 Å². The van der Waals surface area contributed by atoms with Crippen LogP contribution in [0.1, 0.15) is 36.6 Å². The van der Waals surface area contributed by atoms with Gasteiger partial charge in [-0.25, -0.2) is 4.79 Å². The molecule has 0 saturated carbocycles. The molecule has 2 aromatic rings. The van der Waals surface area contributed by atoms with Crippen molar-refractivity contribution in [1.29, 1.82) is 0 Å². The highest BCUT2D eigenvalue weighted by molar-refractivity contribution is 7.09. The molecule has 1 aromatic carbocycles. The molecule has 0 N–H and O–H groups in total. The number of carbonyl (C=O) groups is 1. The maximum Gasteiger partial charge on any atom is 0.346 e. The Morgan fingerprint density at radius 3 is 2.57 bits per heavy atom. The summed E-state index contributed by atoms with van der Waals surface area (Å²) >= 11 is 1.56. The second-order valence-electron chi connectivity index (χ2n) is 6.00. The Hall–Kier alpha value is -1.88. The first-order valence-corrected chi connectivity index (χ1v) is 9.11. The Morgan fingerprint density at radius 2 is 1.91 bits per heavy atom. The molecule has 0 spiro atoms. The maximum absolute atomic E-state index is 12.3. The summed E-state index contributed by atoms with van der Waals surface area (Å²) in [4.78, 5) is 20.4. The summed E-state index contributed by atoms with van der Waals surface area (Å²) in [6, 6.07) is 8.42. The minimum Gasteiger partial charge on any atom is -0.323 e. The van der Waals surface area contributed by atoms with E-state index in [1.807, 2.05) is 16.4 Å². The summed E-state index contributed by atoms with van der Waals surface area (Å²) in [5.41, 5.74) is 2.40. The molecule has 122 valence electrons. The van der Waals surface area contributed by atoms with Crippen molar-refractivity contribution >= 4 is 17.4 Å². The third-order valence-electron chi connectivity index (χ3n) is 4.09. The number of urea groups is 1. The first-order chi connectivity index (χ1) is 11.2. The van der Waals surface area contributed by atoms with E-state index in [2.05, 4.69) is 42.4 Å². The molecular formula is C18H23N3OS. The molecule has 1 aromatic heterocycles. The van der Waals surface area contributed by atoms with Crippen LogP contribution < -0.4 is 4.80 Å². The zero-order valence-electron chi connectivity index (χ0n) is 13.8. The van der Waals surface area contributed by atoms with Gasteiger partial charge in [-0.1, -0.05) is 25.5 Å². The van der Waals surface area contributed by atoms with Crippen LogP contribution in [0.2, 0.25) is 0 Å². The first-order valence-electron chi connectivity index (χ1n) is 8.29. The van der Waals surface area contributed by atoms with Crippen LogP contribution in [0.3, 0.4) is 0 Å². The maximum atomic E-state index is 12.3. The SMILES string of the molecule is CCCc1ccc(-n2cc(C)sc2=NC(=O)N2CCCC2)cc1. The predicted molar refractivity (Wildman–Crippen MR) is 94.1 cm³/mol. The normalized spacial score (nSPS) is 15.4. The van der Waals surface area contributed by atoms with Gasteiger partial charge in [0.1, 0.15) is 0 Å². The molecule has 4 nitrogen and oxygen atoms in total. The van der Waals surface area contributed by atoms with Gasteiger partial charge in [0.15, 0.2) is 4.80 Å². The quantitative estimate of drug-likeness (QED) is 0.841. The van der Waals surface area contributed by atoms with Crippen molar-refractivity contribution in [3.8, 4) is 5.69 Å². The Bertz CT molecular complexity index is 736. The number of rotatable bonds is 3. The molecule has 1 aliphatic heterocycles. The summed E-state index contributed by atoms with van der Waals surface area (Å²) in [5, 5.41) is 0. The molecule has 0 unspecified atom stereocenters. The lowest BCUT2D eigenvalue weighted by molar-refractivity contribution is 0.218. The second-order valence-corrected chi connectivity index (χ2v) is 7.21. The average Bonchev–Trinajstić information content (AvgIpc) is 3.18. The summed E-state index contributed by atoms with van der Waals surface area (Å²) in [5.74, 6) is 0. The fourth-order valence-corrected chi connectivity index (χ4v) is 3.72. The summed E-state index contributed by atoms with van der Waals surface area (Å²) in [6.07, 6.45) is 6.47. The minimum absolute atomic E-state index is 0.110. The number of thiazole rings is 1. The zero-order chi connectivity index (χ0) is 16.2. The number of aromatic nitrogens is 1. The predicted octanol–water partition coefficient (Wildman–Crippen LogP) is 3.92. The van der Waals surface area contributed by atoms with E-state index in [-0.39, 0.29) is 6.03 Å². The molecule has 0 bridgehead atoms. The monoisotopic (exact) mass is 329 g/mol. The van der Waals surface area contributed by atoms with Crippen LogP contribution in [0.5, 0.6) is 0 Å². The number of benzene rings is 1. The highest BCUT2D eigenvalue weighted by Crippen LogP contribution is 2.13. The van der Waals surface area contributed by atoms with Crippen molar-refractivity contribution in [2.24, 2.45) is 4.99 Å². The molecule has 0 radical (unpaired) electrons. The van der Waals surface area contributed by atoms with Gasteiger partial charge in [0.25, 0.3) is 0 Å². The smallest absolute Gasteiger partial charge is 0.323 e. The molecule has 1 saturated heterocycles. The van der Waals surface area contributed by atoms with E-state index in [1.54, 1.807) is 11.3 Å². The number of amides is 2. The lowest BCUT2D eigenvalue weighted by atomic mass is 10.1. The molecular weight excluding hydrogens is 306 g/mol. The van der Waals surface area contributed by atoms with E-state index in [9.17, 15) is 4.79 Å². The van der Waals surface area contributed by atoms with Crippen LogP contribution in [0.25, 0.3) is 5.69 Å². The lowest BCUT2D eigenvalue weighted by Gasteiger charge is -2.10. The van der Waals surface area contributed by atoms with Gasteiger partial charge in [0.05, 0.1) is 0 Å². The molecule has 2 amide bonds. The van der Waals surface area contributed by atoms with Crippen molar-refractivity contribution in [2.75, 3.05) is 13.1 Å². The van der Waals surface area contributed by atoms with E-state index in [0.717, 1.165) is 54.1 Å². The lowest BCUT2D eigenvalue weighted by Crippen LogP contribution is -2.27. The Kier molecular flexibility index (Phi) is 4.96. The van der Waals surface area contributed by atoms with Crippen LogP contribution in [0, 0.1) is 6.92 Å². The van der Waals surface area contributed by atoms with Gasteiger partial charge in [-0.3, -0.25) is 4.57 Å². The van der Waals surface area contributed by atoms with Crippen LogP contribution in [0.4, 0.5) is 4.79 Å². The van der Waals surface area contributed by atoms with Gasteiger partial charge in [-0.05, 0) is 43.9 Å². The van der Waals surface area contributed by atoms with Crippen LogP contribution in [0.15, 0.2) is 35.5 Å². The molecule has 2 heterocycles. The van der Waals surface area contributed by atoms with E-state index >= 15 is 0 Å². The molecule has 3 rings (SSSR count). The largest absolute Gasteiger partial charge is 0.346 e. The molecule has 23 heavy (non-hydrogen) atoms. The Labute approximate surface area is 141 Å². The summed E-state index contributed by atoms with van der Waals surface area (Å²) in [7, 11) is 0. The molecule has 1 aliphatic rings. The Balaban J connectivity index is 1.92. The van der Waals surface area contributed by atoms with E-state index in [4.69, 9.17) is 0 Å². The molecule has 1 fully saturated rings. The van der Waals surface area contributed by atoms with E-state index in [1.165, 1.54) is 5.56 Å². The number of aryl methyl sites for hydroxylation is 2. The highest BCUT2D eigenvalue weighted by atomic mass is 32.1. The molecule has 0 atom stereocenters. The van der Waals surface area contributed by atoms with Crippen molar-refractivity contribution in [2.45, 2.75) is 39.5 Å². The third kappa shape index (κ3) is 3.72. The van der Waals surface area contributed by atoms with Crippen LogP contribution >= 0.6 is 11.3 Å².